The van der Waals surface area contributed by atoms with Gasteiger partial charge >= 0.3 is 0 Å². The zero-order valence-electron chi connectivity index (χ0n) is 19.9. The number of benzene rings is 2. The average Bonchev–Trinajstić information content (AvgIpc) is 3.16. The van der Waals surface area contributed by atoms with Crippen LogP contribution < -0.4 is 14.8 Å². The molecule has 0 spiro atoms. The fourth-order valence-electron chi connectivity index (χ4n) is 3.99. The number of hydrogen-bond acceptors (Lipinski definition) is 6. The molecule has 0 aliphatic carbocycles. The van der Waals surface area contributed by atoms with E-state index in [-0.39, 0.29) is 24.3 Å². The normalized spacial score (nSPS) is 13.5. The van der Waals surface area contributed by atoms with Crippen LogP contribution in [-0.4, -0.2) is 53.7 Å². The molecule has 1 aliphatic rings. The zero-order valence-corrected chi connectivity index (χ0v) is 19.9. The van der Waals surface area contributed by atoms with Gasteiger partial charge in [-0.2, -0.15) is 0 Å². The van der Waals surface area contributed by atoms with E-state index < -0.39 is 6.04 Å². The van der Waals surface area contributed by atoms with Gasteiger partial charge in [-0.15, -0.1) is 0 Å². The molecule has 1 atom stereocenters. The lowest BCUT2D eigenvalue weighted by atomic mass is 10.0. The lowest BCUT2D eigenvalue weighted by Crippen LogP contribution is -2.32. The van der Waals surface area contributed by atoms with Crippen LogP contribution in [0.1, 0.15) is 54.7 Å². The molecule has 1 unspecified atom stereocenters. The summed E-state index contributed by atoms with van der Waals surface area (Å²) in [5, 5.41) is 13.1. The third-order valence-corrected chi connectivity index (χ3v) is 5.75. The summed E-state index contributed by atoms with van der Waals surface area (Å²) in [6, 6.07) is 10.3. The Kier molecular flexibility index (Phi) is 8.12. The van der Waals surface area contributed by atoms with Crippen molar-refractivity contribution in [2.24, 2.45) is 5.92 Å². The number of fused-ring (bicyclic) bond motifs is 1. The SMILES string of the molecule is CCOc1cc(C(CCN(O)C=O)N2Cc3cccc(NC(=O)C(C)C)c3C2=O)ccc1OC. The summed E-state index contributed by atoms with van der Waals surface area (Å²) in [5.41, 5.74) is 2.50. The number of hydrogen-bond donors (Lipinski definition) is 2. The third-order valence-electron chi connectivity index (χ3n) is 5.75. The molecule has 182 valence electrons. The maximum Gasteiger partial charge on any atom is 0.257 e. The van der Waals surface area contributed by atoms with Crippen LogP contribution in [0.3, 0.4) is 0 Å². The number of nitrogens with one attached hydrogen (secondary N) is 1. The van der Waals surface area contributed by atoms with Crippen LogP contribution in [0.5, 0.6) is 11.5 Å². The Morgan fingerprint density at radius 2 is 2.03 bits per heavy atom. The molecule has 0 bridgehead atoms. The average molecular weight is 470 g/mol. The lowest BCUT2D eigenvalue weighted by Gasteiger charge is -2.29. The van der Waals surface area contributed by atoms with Crippen molar-refractivity contribution in [2.45, 2.75) is 39.8 Å². The molecule has 2 aromatic rings. The summed E-state index contributed by atoms with van der Waals surface area (Å²) in [6.45, 7) is 6.23. The van der Waals surface area contributed by atoms with Crippen LogP contribution in [0, 0.1) is 5.92 Å². The summed E-state index contributed by atoms with van der Waals surface area (Å²) in [4.78, 5) is 38.6. The fourth-order valence-corrected chi connectivity index (χ4v) is 3.99. The van der Waals surface area contributed by atoms with E-state index >= 15 is 0 Å². The Morgan fingerprint density at radius 3 is 2.68 bits per heavy atom. The van der Waals surface area contributed by atoms with E-state index in [1.54, 1.807) is 38.0 Å². The largest absolute Gasteiger partial charge is 0.493 e. The van der Waals surface area contributed by atoms with E-state index in [9.17, 15) is 19.6 Å². The summed E-state index contributed by atoms with van der Waals surface area (Å²) in [6.07, 6.45) is 0.622. The maximum atomic E-state index is 13.6. The summed E-state index contributed by atoms with van der Waals surface area (Å²) in [5.74, 6) is 0.471. The summed E-state index contributed by atoms with van der Waals surface area (Å²) >= 11 is 0. The van der Waals surface area contributed by atoms with Gasteiger partial charge in [-0.05, 0) is 42.7 Å². The number of carbonyl (C=O) groups is 3. The van der Waals surface area contributed by atoms with Gasteiger partial charge in [0.15, 0.2) is 11.5 Å². The Hall–Kier alpha value is -3.59. The molecule has 9 heteroatoms. The zero-order chi connectivity index (χ0) is 24.8. The van der Waals surface area contributed by atoms with Crippen molar-refractivity contribution in [1.29, 1.82) is 0 Å². The molecule has 1 aliphatic heterocycles. The summed E-state index contributed by atoms with van der Waals surface area (Å²) < 4.78 is 11.1. The van der Waals surface area contributed by atoms with E-state index in [0.717, 1.165) is 11.1 Å². The number of rotatable bonds is 11. The van der Waals surface area contributed by atoms with E-state index in [1.807, 2.05) is 31.2 Å². The number of carbonyl (C=O) groups excluding carboxylic acids is 3. The molecule has 9 nitrogen and oxygen atoms in total. The Morgan fingerprint density at radius 1 is 1.26 bits per heavy atom. The van der Waals surface area contributed by atoms with Crippen molar-refractivity contribution < 1.29 is 29.1 Å². The van der Waals surface area contributed by atoms with E-state index in [0.29, 0.717) is 53.8 Å². The number of hydroxylamine groups is 2. The Balaban J connectivity index is 1.98. The first kappa shape index (κ1) is 25.0. The highest BCUT2D eigenvalue weighted by molar-refractivity contribution is 6.07. The smallest absolute Gasteiger partial charge is 0.257 e. The van der Waals surface area contributed by atoms with E-state index in [1.165, 1.54) is 0 Å². The van der Waals surface area contributed by atoms with Crippen LogP contribution in [0.2, 0.25) is 0 Å². The van der Waals surface area contributed by atoms with Crippen LogP contribution in [-0.2, 0) is 16.1 Å². The second kappa shape index (κ2) is 11.0. The third kappa shape index (κ3) is 5.31. The number of ether oxygens (including phenoxy) is 2. The second-order valence-corrected chi connectivity index (χ2v) is 8.33. The summed E-state index contributed by atoms with van der Waals surface area (Å²) in [7, 11) is 1.55. The van der Waals surface area contributed by atoms with Crippen molar-refractivity contribution in [3.63, 3.8) is 0 Å². The molecule has 2 N–H and O–H groups in total. The molecule has 0 aromatic heterocycles. The van der Waals surface area contributed by atoms with Gasteiger partial charge in [0.2, 0.25) is 12.3 Å². The molecule has 3 amide bonds. The minimum absolute atomic E-state index is 0.0290. The number of amides is 3. The standard InChI is InChI=1S/C25H31N3O6/c1-5-34-22-13-17(9-10-21(22)33-4)20(11-12-27(32)15-29)28-14-18-7-6-8-19(23(18)25(28)31)26-24(30)16(2)3/h6-10,13,15-16,20,32H,5,11-12,14H2,1-4H3,(H,26,30). The van der Waals surface area contributed by atoms with Crippen molar-refractivity contribution >= 4 is 23.9 Å². The van der Waals surface area contributed by atoms with Gasteiger partial charge in [-0.3, -0.25) is 19.6 Å². The molecule has 0 fully saturated rings. The molecule has 0 saturated carbocycles. The van der Waals surface area contributed by atoms with Crippen molar-refractivity contribution in [1.82, 2.24) is 9.96 Å². The van der Waals surface area contributed by atoms with Gasteiger partial charge < -0.3 is 19.7 Å². The van der Waals surface area contributed by atoms with Crippen LogP contribution in [0.25, 0.3) is 0 Å². The molecule has 0 saturated heterocycles. The molecular weight excluding hydrogens is 438 g/mol. The number of anilines is 1. The van der Waals surface area contributed by atoms with Gasteiger partial charge in [0, 0.05) is 12.5 Å². The van der Waals surface area contributed by atoms with Crippen LogP contribution in [0.15, 0.2) is 36.4 Å². The predicted octanol–water partition coefficient (Wildman–Crippen LogP) is 3.62. The first-order chi connectivity index (χ1) is 16.3. The topological polar surface area (TPSA) is 108 Å². The highest BCUT2D eigenvalue weighted by atomic mass is 16.5. The molecule has 2 aromatic carbocycles. The highest BCUT2D eigenvalue weighted by Crippen LogP contribution is 2.39. The lowest BCUT2D eigenvalue weighted by molar-refractivity contribution is -0.150. The van der Waals surface area contributed by atoms with Crippen molar-refractivity contribution in [2.75, 3.05) is 25.6 Å². The molecule has 3 rings (SSSR count). The second-order valence-electron chi connectivity index (χ2n) is 8.33. The predicted molar refractivity (Wildman–Crippen MR) is 126 cm³/mol. The quantitative estimate of drug-likeness (QED) is 0.296. The molecular formula is C25H31N3O6. The Labute approximate surface area is 199 Å². The first-order valence-corrected chi connectivity index (χ1v) is 11.3. The first-order valence-electron chi connectivity index (χ1n) is 11.3. The van der Waals surface area contributed by atoms with E-state index in [2.05, 4.69) is 5.32 Å². The fraction of sp³-hybridized carbons (Fsp3) is 0.400. The minimum Gasteiger partial charge on any atom is -0.493 e. The van der Waals surface area contributed by atoms with Crippen LogP contribution in [0.4, 0.5) is 5.69 Å². The maximum absolute atomic E-state index is 13.6. The van der Waals surface area contributed by atoms with Crippen molar-refractivity contribution in [3.05, 3.63) is 53.1 Å². The monoisotopic (exact) mass is 469 g/mol. The number of methoxy groups -OCH3 is 1. The Bertz CT molecular complexity index is 1050. The van der Waals surface area contributed by atoms with Gasteiger partial charge in [0.1, 0.15) is 0 Å². The highest BCUT2D eigenvalue weighted by Gasteiger charge is 2.36. The molecule has 1 heterocycles. The minimum atomic E-state index is -0.465. The van der Waals surface area contributed by atoms with Gasteiger partial charge in [0.05, 0.1) is 37.6 Å². The molecule has 34 heavy (non-hydrogen) atoms. The van der Waals surface area contributed by atoms with Gasteiger partial charge in [0.25, 0.3) is 5.91 Å². The van der Waals surface area contributed by atoms with Gasteiger partial charge in [-0.1, -0.05) is 32.0 Å². The molecule has 0 radical (unpaired) electrons. The van der Waals surface area contributed by atoms with Crippen molar-refractivity contribution in [3.8, 4) is 11.5 Å². The van der Waals surface area contributed by atoms with E-state index in [4.69, 9.17) is 9.47 Å². The van der Waals surface area contributed by atoms with Crippen LogP contribution >= 0.6 is 0 Å². The van der Waals surface area contributed by atoms with Gasteiger partial charge in [-0.25, -0.2) is 5.06 Å². The number of nitrogens with zero attached hydrogens (tertiary/aromatic N) is 2.